The summed E-state index contributed by atoms with van der Waals surface area (Å²) >= 11 is 6.30. The molecular formula is C16H11ClO. The van der Waals surface area contributed by atoms with E-state index in [2.05, 4.69) is 0 Å². The summed E-state index contributed by atoms with van der Waals surface area (Å²) in [5, 5.41) is 4.79. The van der Waals surface area contributed by atoms with E-state index >= 15 is 0 Å². The standard InChI is InChI=1S/C16H11ClO/c1-10(18)11-7-4-8-13-12-5-2-3-6-14(12)16(17)9-15(11)13/h2-9H,1H3. The number of hydrogen-bond acceptors (Lipinski definition) is 1. The first-order valence-electron chi connectivity index (χ1n) is 5.79. The molecule has 0 bridgehead atoms. The molecule has 3 aromatic carbocycles. The van der Waals surface area contributed by atoms with E-state index in [-0.39, 0.29) is 5.78 Å². The van der Waals surface area contributed by atoms with Crippen molar-refractivity contribution in [2.75, 3.05) is 0 Å². The first kappa shape index (κ1) is 11.2. The summed E-state index contributed by atoms with van der Waals surface area (Å²) in [6.07, 6.45) is 0. The van der Waals surface area contributed by atoms with Gasteiger partial charge < -0.3 is 0 Å². The van der Waals surface area contributed by atoms with Crippen LogP contribution in [0.3, 0.4) is 0 Å². The van der Waals surface area contributed by atoms with Crippen molar-refractivity contribution >= 4 is 38.9 Å². The summed E-state index contributed by atoms with van der Waals surface area (Å²) in [5.74, 6) is 0.0620. The van der Waals surface area contributed by atoms with Crippen LogP contribution in [0.2, 0.25) is 5.02 Å². The largest absolute Gasteiger partial charge is 0.294 e. The van der Waals surface area contributed by atoms with Crippen LogP contribution in [0.5, 0.6) is 0 Å². The maximum atomic E-state index is 11.7. The van der Waals surface area contributed by atoms with Crippen LogP contribution in [0.15, 0.2) is 48.5 Å². The van der Waals surface area contributed by atoms with Crippen LogP contribution in [-0.4, -0.2) is 5.78 Å². The van der Waals surface area contributed by atoms with Crippen LogP contribution >= 0.6 is 11.6 Å². The van der Waals surface area contributed by atoms with Crippen molar-refractivity contribution in [1.29, 1.82) is 0 Å². The summed E-state index contributed by atoms with van der Waals surface area (Å²) in [4.78, 5) is 11.7. The Bertz CT molecular complexity index is 774. The minimum absolute atomic E-state index is 0.0620. The number of rotatable bonds is 1. The summed E-state index contributed by atoms with van der Waals surface area (Å²) < 4.78 is 0. The highest BCUT2D eigenvalue weighted by Crippen LogP contribution is 2.33. The van der Waals surface area contributed by atoms with Gasteiger partial charge in [-0.15, -0.1) is 0 Å². The molecule has 3 aromatic rings. The molecule has 18 heavy (non-hydrogen) atoms. The van der Waals surface area contributed by atoms with Gasteiger partial charge in [0.25, 0.3) is 0 Å². The van der Waals surface area contributed by atoms with E-state index in [1.807, 2.05) is 48.5 Å². The average Bonchev–Trinajstić information content (AvgIpc) is 2.38. The highest BCUT2D eigenvalue weighted by atomic mass is 35.5. The molecule has 0 unspecified atom stereocenters. The molecule has 1 nitrogen and oxygen atoms in total. The van der Waals surface area contributed by atoms with E-state index < -0.39 is 0 Å². The van der Waals surface area contributed by atoms with Crippen LogP contribution in [0.25, 0.3) is 21.5 Å². The molecule has 0 fully saturated rings. The predicted octanol–water partition coefficient (Wildman–Crippen LogP) is 4.85. The van der Waals surface area contributed by atoms with E-state index in [1.165, 1.54) is 0 Å². The third kappa shape index (κ3) is 1.59. The topological polar surface area (TPSA) is 17.1 Å². The van der Waals surface area contributed by atoms with Gasteiger partial charge in [-0.05, 0) is 29.1 Å². The normalized spacial score (nSPS) is 11.0. The highest BCUT2D eigenvalue weighted by Gasteiger charge is 2.10. The van der Waals surface area contributed by atoms with Crippen LogP contribution in [-0.2, 0) is 0 Å². The number of Topliss-reactive ketones (excluding diaryl/α,β-unsaturated/α-hetero) is 1. The maximum absolute atomic E-state index is 11.7. The van der Waals surface area contributed by atoms with Gasteiger partial charge in [0.1, 0.15) is 0 Å². The molecule has 0 aliphatic rings. The molecule has 0 aliphatic heterocycles. The van der Waals surface area contributed by atoms with Crippen molar-refractivity contribution in [3.8, 4) is 0 Å². The predicted molar refractivity (Wildman–Crippen MR) is 76.5 cm³/mol. The van der Waals surface area contributed by atoms with Gasteiger partial charge in [-0.2, -0.15) is 0 Å². The van der Waals surface area contributed by atoms with Gasteiger partial charge in [0.15, 0.2) is 5.78 Å². The number of carbonyl (C=O) groups excluding carboxylic acids is 1. The fourth-order valence-electron chi connectivity index (χ4n) is 2.39. The Morgan fingerprint density at radius 2 is 1.50 bits per heavy atom. The van der Waals surface area contributed by atoms with E-state index in [4.69, 9.17) is 11.6 Å². The second kappa shape index (κ2) is 4.11. The van der Waals surface area contributed by atoms with E-state index in [0.29, 0.717) is 5.02 Å². The Morgan fingerprint density at radius 1 is 0.889 bits per heavy atom. The van der Waals surface area contributed by atoms with Gasteiger partial charge >= 0.3 is 0 Å². The molecule has 88 valence electrons. The smallest absolute Gasteiger partial charge is 0.160 e. The monoisotopic (exact) mass is 254 g/mol. The lowest BCUT2D eigenvalue weighted by molar-refractivity contribution is 0.101. The van der Waals surface area contributed by atoms with Crippen molar-refractivity contribution in [2.24, 2.45) is 0 Å². The molecule has 0 atom stereocenters. The van der Waals surface area contributed by atoms with Crippen LogP contribution < -0.4 is 0 Å². The first-order chi connectivity index (χ1) is 8.68. The Labute approximate surface area is 110 Å². The van der Waals surface area contributed by atoms with Gasteiger partial charge in [0.05, 0.1) is 0 Å². The Hall–Kier alpha value is -1.86. The Morgan fingerprint density at radius 3 is 2.22 bits per heavy atom. The lowest BCUT2D eigenvalue weighted by Gasteiger charge is -2.08. The molecular weight excluding hydrogens is 244 g/mol. The fourth-order valence-corrected chi connectivity index (χ4v) is 2.67. The molecule has 0 aliphatic carbocycles. The zero-order chi connectivity index (χ0) is 12.7. The number of benzene rings is 3. The molecule has 0 heterocycles. The van der Waals surface area contributed by atoms with Crippen LogP contribution in [0.1, 0.15) is 17.3 Å². The third-order valence-corrected chi connectivity index (χ3v) is 3.54. The van der Waals surface area contributed by atoms with Crippen molar-refractivity contribution in [3.05, 3.63) is 59.1 Å². The zero-order valence-corrected chi connectivity index (χ0v) is 10.7. The van der Waals surface area contributed by atoms with E-state index in [1.54, 1.807) is 6.92 Å². The van der Waals surface area contributed by atoms with Crippen molar-refractivity contribution in [2.45, 2.75) is 6.92 Å². The lowest BCUT2D eigenvalue weighted by Crippen LogP contribution is -1.93. The summed E-state index contributed by atoms with van der Waals surface area (Å²) in [6, 6.07) is 15.7. The zero-order valence-electron chi connectivity index (χ0n) is 9.91. The first-order valence-corrected chi connectivity index (χ1v) is 6.17. The SMILES string of the molecule is CC(=O)c1cccc2c1cc(Cl)c1ccccc12. The number of ketones is 1. The summed E-state index contributed by atoms with van der Waals surface area (Å²) in [5.41, 5.74) is 0.722. The Balaban J connectivity index is 2.58. The minimum atomic E-state index is 0.0620. The van der Waals surface area contributed by atoms with Crippen molar-refractivity contribution in [1.82, 2.24) is 0 Å². The van der Waals surface area contributed by atoms with Gasteiger partial charge in [-0.1, -0.05) is 54.1 Å². The molecule has 0 radical (unpaired) electrons. The maximum Gasteiger partial charge on any atom is 0.160 e. The molecule has 3 rings (SSSR count). The van der Waals surface area contributed by atoms with Crippen molar-refractivity contribution in [3.63, 3.8) is 0 Å². The molecule has 0 spiro atoms. The number of carbonyl (C=O) groups is 1. The average molecular weight is 255 g/mol. The van der Waals surface area contributed by atoms with E-state index in [9.17, 15) is 4.79 Å². The van der Waals surface area contributed by atoms with Gasteiger partial charge in [0.2, 0.25) is 0 Å². The highest BCUT2D eigenvalue weighted by molar-refractivity contribution is 6.38. The molecule has 0 saturated carbocycles. The molecule has 0 amide bonds. The summed E-state index contributed by atoms with van der Waals surface area (Å²) in [7, 11) is 0. The van der Waals surface area contributed by atoms with Crippen molar-refractivity contribution < 1.29 is 4.79 Å². The lowest BCUT2D eigenvalue weighted by atomic mass is 9.97. The second-order valence-electron chi connectivity index (χ2n) is 4.36. The number of hydrogen-bond donors (Lipinski definition) is 0. The minimum Gasteiger partial charge on any atom is -0.294 e. The van der Waals surface area contributed by atoms with E-state index in [0.717, 1.165) is 27.1 Å². The molecule has 2 heteroatoms. The quantitative estimate of drug-likeness (QED) is 0.448. The third-order valence-electron chi connectivity index (χ3n) is 3.23. The van der Waals surface area contributed by atoms with Crippen LogP contribution in [0.4, 0.5) is 0 Å². The fraction of sp³-hybridized carbons (Fsp3) is 0.0625. The number of fused-ring (bicyclic) bond motifs is 3. The van der Waals surface area contributed by atoms with Gasteiger partial charge in [-0.3, -0.25) is 4.79 Å². The number of halogens is 1. The second-order valence-corrected chi connectivity index (χ2v) is 4.77. The van der Waals surface area contributed by atoms with Gasteiger partial charge in [0, 0.05) is 16.0 Å². The van der Waals surface area contributed by atoms with Crippen LogP contribution in [0, 0.1) is 0 Å². The Kier molecular flexibility index (Phi) is 2.57. The van der Waals surface area contributed by atoms with Gasteiger partial charge in [-0.25, -0.2) is 0 Å². The summed E-state index contributed by atoms with van der Waals surface area (Å²) in [6.45, 7) is 1.58. The molecule has 0 saturated heterocycles. The molecule has 0 N–H and O–H groups in total. The molecule has 0 aromatic heterocycles.